The van der Waals surface area contributed by atoms with E-state index < -0.39 is 11.7 Å². The van der Waals surface area contributed by atoms with E-state index in [4.69, 9.17) is 4.74 Å². The number of aliphatic hydroxyl groups excluding tert-OH is 1. The number of benzene rings is 1. The van der Waals surface area contributed by atoms with E-state index >= 15 is 0 Å². The molecule has 5 heteroatoms. The van der Waals surface area contributed by atoms with Crippen molar-refractivity contribution in [1.82, 2.24) is 5.32 Å². The predicted octanol–water partition coefficient (Wildman–Crippen LogP) is 2.88. The van der Waals surface area contributed by atoms with Gasteiger partial charge in [-0.05, 0) is 39.0 Å². The standard InChI is InChI=1S/C16H23NO3.ClH/c1-9(2)17-14-12-8-11(10(3)18)6-7-13(12)20-16(4,5)15(14)19;/h6-9,14-15,17,19H,1-5H3;1H/t14-,15+;/m1./s1. The molecule has 0 spiro atoms. The predicted molar refractivity (Wildman–Crippen MR) is 85.4 cm³/mol. The molecule has 2 rings (SSSR count). The molecule has 118 valence electrons. The minimum atomic E-state index is -0.681. The van der Waals surface area contributed by atoms with Crippen LogP contribution in [0.5, 0.6) is 5.75 Å². The van der Waals surface area contributed by atoms with E-state index in [1.165, 1.54) is 6.92 Å². The van der Waals surface area contributed by atoms with Gasteiger partial charge in [-0.1, -0.05) is 13.8 Å². The van der Waals surface area contributed by atoms with E-state index in [-0.39, 0.29) is 30.3 Å². The van der Waals surface area contributed by atoms with Gasteiger partial charge in [-0.25, -0.2) is 0 Å². The lowest BCUT2D eigenvalue weighted by Gasteiger charge is -2.43. The van der Waals surface area contributed by atoms with Crippen molar-refractivity contribution < 1.29 is 14.6 Å². The van der Waals surface area contributed by atoms with Crippen LogP contribution in [0.3, 0.4) is 0 Å². The zero-order valence-electron chi connectivity index (χ0n) is 13.1. The van der Waals surface area contributed by atoms with Crippen LogP contribution in [0.15, 0.2) is 18.2 Å². The smallest absolute Gasteiger partial charge is 0.159 e. The van der Waals surface area contributed by atoms with Gasteiger partial charge in [-0.2, -0.15) is 0 Å². The summed E-state index contributed by atoms with van der Waals surface area (Å²) in [7, 11) is 0. The van der Waals surface area contributed by atoms with Gasteiger partial charge < -0.3 is 15.2 Å². The number of nitrogens with one attached hydrogen (secondary N) is 1. The van der Waals surface area contributed by atoms with Crippen molar-refractivity contribution in [3.63, 3.8) is 0 Å². The molecule has 1 aliphatic rings. The first-order valence-corrected chi connectivity index (χ1v) is 7.00. The van der Waals surface area contributed by atoms with Gasteiger partial charge in [0.1, 0.15) is 17.5 Å². The van der Waals surface area contributed by atoms with Crippen LogP contribution in [-0.4, -0.2) is 28.6 Å². The van der Waals surface area contributed by atoms with Crippen LogP contribution in [0.1, 0.15) is 56.6 Å². The molecule has 21 heavy (non-hydrogen) atoms. The van der Waals surface area contributed by atoms with Crippen molar-refractivity contribution in [1.29, 1.82) is 0 Å². The lowest BCUT2D eigenvalue weighted by atomic mass is 9.85. The second-order valence-electron chi connectivity index (χ2n) is 6.26. The largest absolute Gasteiger partial charge is 0.485 e. The van der Waals surface area contributed by atoms with Crippen LogP contribution in [-0.2, 0) is 0 Å². The zero-order chi connectivity index (χ0) is 15.1. The molecule has 2 atom stereocenters. The number of ketones is 1. The fourth-order valence-corrected chi connectivity index (χ4v) is 2.56. The first-order chi connectivity index (χ1) is 9.22. The molecule has 0 saturated carbocycles. The Balaban J connectivity index is 0.00000220. The Bertz CT molecular complexity index is 528. The summed E-state index contributed by atoms with van der Waals surface area (Å²) in [5.74, 6) is 0.735. The fourth-order valence-electron chi connectivity index (χ4n) is 2.56. The topological polar surface area (TPSA) is 58.6 Å². The zero-order valence-corrected chi connectivity index (χ0v) is 14.0. The van der Waals surface area contributed by atoms with Crippen molar-refractivity contribution in [2.75, 3.05) is 0 Å². The summed E-state index contributed by atoms with van der Waals surface area (Å²) >= 11 is 0. The molecule has 0 aromatic heterocycles. The van der Waals surface area contributed by atoms with E-state index in [9.17, 15) is 9.90 Å². The van der Waals surface area contributed by atoms with Crippen molar-refractivity contribution >= 4 is 18.2 Å². The van der Waals surface area contributed by atoms with E-state index in [2.05, 4.69) is 5.32 Å². The molecule has 1 aromatic rings. The number of hydrogen-bond donors (Lipinski definition) is 2. The average molecular weight is 314 g/mol. The molecule has 0 radical (unpaired) electrons. The van der Waals surface area contributed by atoms with E-state index in [0.717, 1.165) is 11.3 Å². The summed E-state index contributed by atoms with van der Waals surface area (Å²) in [6.07, 6.45) is -0.681. The molecule has 0 bridgehead atoms. The first kappa shape index (κ1) is 18.0. The van der Waals surface area contributed by atoms with Crippen LogP contribution in [0.2, 0.25) is 0 Å². The highest BCUT2D eigenvalue weighted by molar-refractivity contribution is 5.94. The molecule has 4 nitrogen and oxygen atoms in total. The molecular weight excluding hydrogens is 290 g/mol. The SMILES string of the molecule is CC(=O)c1ccc2c(c1)[C@@H](NC(C)C)[C@H](O)C(C)(C)O2.Cl. The molecule has 1 aromatic carbocycles. The highest BCUT2D eigenvalue weighted by atomic mass is 35.5. The number of fused-ring (bicyclic) bond motifs is 1. The number of aliphatic hydroxyl groups is 1. The lowest BCUT2D eigenvalue weighted by Crippen LogP contribution is -2.53. The molecule has 0 unspecified atom stereocenters. The molecule has 1 heterocycles. The maximum absolute atomic E-state index is 11.5. The summed E-state index contributed by atoms with van der Waals surface area (Å²) in [5, 5.41) is 13.9. The monoisotopic (exact) mass is 313 g/mol. The van der Waals surface area contributed by atoms with Gasteiger partial charge in [0.05, 0.1) is 6.04 Å². The number of carbonyl (C=O) groups excluding carboxylic acids is 1. The molecule has 0 saturated heterocycles. The average Bonchev–Trinajstić information content (AvgIpc) is 2.33. The van der Waals surface area contributed by atoms with Crippen LogP contribution >= 0.6 is 12.4 Å². The van der Waals surface area contributed by atoms with Gasteiger partial charge in [-0.3, -0.25) is 4.79 Å². The van der Waals surface area contributed by atoms with Crippen LogP contribution in [0, 0.1) is 0 Å². The van der Waals surface area contributed by atoms with Crippen molar-refractivity contribution in [3.05, 3.63) is 29.3 Å². The van der Waals surface area contributed by atoms with Gasteiger partial charge in [0.25, 0.3) is 0 Å². The highest BCUT2D eigenvalue weighted by Crippen LogP contribution is 2.40. The number of rotatable bonds is 3. The molecule has 0 amide bonds. The number of halogens is 1. The third-order valence-electron chi connectivity index (χ3n) is 3.67. The van der Waals surface area contributed by atoms with Crippen LogP contribution in [0.4, 0.5) is 0 Å². The number of hydrogen-bond acceptors (Lipinski definition) is 4. The Kier molecular flexibility index (Phi) is 5.42. The molecule has 0 fully saturated rings. The quantitative estimate of drug-likeness (QED) is 0.842. The summed E-state index contributed by atoms with van der Waals surface area (Å²) in [6, 6.07) is 5.37. The van der Waals surface area contributed by atoms with Crippen LogP contribution < -0.4 is 10.1 Å². The molecular formula is C16H24ClNO3. The molecule has 0 aliphatic carbocycles. The Labute approximate surface area is 132 Å². The third-order valence-corrected chi connectivity index (χ3v) is 3.67. The van der Waals surface area contributed by atoms with E-state index in [1.54, 1.807) is 6.07 Å². The highest BCUT2D eigenvalue weighted by Gasteiger charge is 2.43. The van der Waals surface area contributed by atoms with Crippen molar-refractivity contribution in [2.24, 2.45) is 0 Å². The minimum Gasteiger partial charge on any atom is -0.485 e. The molecule has 1 aliphatic heterocycles. The van der Waals surface area contributed by atoms with Gasteiger partial charge in [0.2, 0.25) is 0 Å². The summed E-state index contributed by atoms with van der Waals surface area (Å²) in [5.41, 5.74) is 0.810. The first-order valence-electron chi connectivity index (χ1n) is 7.00. The lowest BCUT2D eigenvalue weighted by molar-refractivity contribution is -0.0658. The van der Waals surface area contributed by atoms with Gasteiger partial charge in [0, 0.05) is 17.2 Å². The van der Waals surface area contributed by atoms with E-state index in [0.29, 0.717) is 5.56 Å². The number of ether oxygens (including phenoxy) is 1. The summed E-state index contributed by atoms with van der Waals surface area (Å²) in [6.45, 7) is 9.34. The summed E-state index contributed by atoms with van der Waals surface area (Å²) in [4.78, 5) is 11.5. The second-order valence-corrected chi connectivity index (χ2v) is 6.26. The minimum absolute atomic E-state index is 0. The molecule has 2 N–H and O–H groups in total. The maximum Gasteiger partial charge on any atom is 0.159 e. The number of carbonyl (C=O) groups is 1. The van der Waals surface area contributed by atoms with Crippen molar-refractivity contribution in [3.8, 4) is 5.75 Å². The Morgan fingerprint density at radius 3 is 2.52 bits per heavy atom. The van der Waals surface area contributed by atoms with Gasteiger partial charge in [0.15, 0.2) is 5.78 Å². The second kappa shape index (κ2) is 6.34. The van der Waals surface area contributed by atoms with Gasteiger partial charge in [-0.15, -0.1) is 12.4 Å². The Morgan fingerprint density at radius 1 is 1.38 bits per heavy atom. The number of Topliss-reactive ketones (excluding diaryl/α,β-unsaturated/α-hetero) is 1. The van der Waals surface area contributed by atoms with E-state index in [1.807, 2.05) is 39.8 Å². The third kappa shape index (κ3) is 3.57. The Morgan fingerprint density at radius 2 is 2.00 bits per heavy atom. The normalized spacial score (nSPS) is 23.0. The fraction of sp³-hybridized carbons (Fsp3) is 0.562. The van der Waals surface area contributed by atoms with Gasteiger partial charge >= 0.3 is 0 Å². The summed E-state index contributed by atoms with van der Waals surface area (Å²) < 4.78 is 5.88. The van der Waals surface area contributed by atoms with Crippen molar-refractivity contribution in [2.45, 2.75) is 58.4 Å². The maximum atomic E-state index is 11.5. The Hall–Kier alpha value is -1.10. The van der Waals surface area contributed by atoms with Crippen LogP contribution in [0.25, 0.3) is 0 Å².